The van der Waals surface area contributed by atoms with Gasteiger partial charge >= 0.3 is 6.03 Å². The smallest absolute Gasteiger partial charge is 0.321 e. The highest BCUT2D eigenvalue weighted by atomic mass is 16.2. The number of rotatable bonds is 10. The van der Waals surface area contributed by atoms with E-state index in [9.17, 15) is 19.2 Å². The van der Waals surface area contributed by atoms with Crippen LogP contribution < -0.4 is 21.4 Å². The lowest BCUT2D eigenvalue weighted by Crippen LogP contribution is -2.61. The van der Waals surface area contributed by atoms with Gasteiger partial charge in [-0.25, -0.2) is 9.80 Å². The maximum absolute atomic E-state index is 13.5. The lowest BCUT2D eigenvalue weighted by molar-refractivity contribution is -0.140. The van der Waals surface area contributed by atoms with Crippen LogP contribution in [0.3, 0.4) is 0 Å². The number of amides is 4. The van der Waals surface area contributed by atoms with Crippen molar-refractivity contribution in [2.24, 2.45) is 0 Å². The molecule has 2 saturated heterocycles. The summed E-state index contributed by atoms with van der Waals surface area (Å²) in [4.78, 5) is 53.5. The first kappa shape index (κ1) is 28.4. The van der Waals surface area contributed by atoms with Gasteiger partial charge in [-0.15, -0.1) is 0 Å². The van der Waals surface area contributed by atoms with Gasteiger partial charge in [-0.3, -0.25) is 9.59 Å². The molecule has 11 nitrogen and oxygen atoms in total. The third kappa shape index (κ3) is 7.42. The highest BCUT2D eigenvalue weighted by Crippen LogP contribution is 2.29. The van der Waals surface area contributed by atoms with E-state index in [4.69, 9.17) is 0 Å². The van der Waals surface area contributed by atoms with Gasteiger partial charge in [-0.1, -0.05) is 6.92 Å². The topological polar surface area (TPSA) is 126 Å². The molecule has 1 aromatic rings. The van der Waals surface area contributed by atoms with E-state index in [-0.39, 0.29) is 36.5 Å². The number of hydrogen-bond acceptors (Lipinski definition) is 7. The fraction of sp³-hybridized carbons (Fsp3) is 0.615. The van der Waals surface area contributed by atoms with Crippen molar-refractivity contribution in [1.29, 1.82) is 0 Å². The van der Waals surface area contributed by atoms with Crippen LogP contribution in [-0.2, 0) is 14.4 Å². The van der Waals surface area contributed by atoms with Crippen molar-refractivity contribution in [3.63, 3.8) is 0 Å². The van der Waals surface area contributed by atoms with Crippen LogP contribution in [0.25, 0.3) is 0 Å². The largest absolute Gasteiger partial charge is 0.341 e. The van der Waals surface area contributed by atoms with E-state index in [0.29, 0.717) is 31.6 Å². The molecule has 1 aromatic carbocycles. The number of urea groups is 1. The van der Waals surface area contributed by atoms with Crippen LogP contribution in [0, 0.1) is 0 Å². The minimum Gasteiger partial charge on any atom is -0.341 e. The third-order valence-corrected chi connectivity index (χ3v) is 7.23. The van der Waals surface area contributed by atoms with Crippen LogP contribution in [0.1, 0.15) is 46.5 Å². The summed E-state index contributed by atoms with van der Waals surface area (Å²) < 4.78 is 0. The van der Waals surface area contributed by atoms with Crippen LogP contribution in [0.5, 0.6) is 0 Å². The Bertz CT molecular complexity index is 941. The number of nitrogens with one attached hydrogen (secondary N) is 4. The van der Waals surface area contributed by atoms with Gasteiger partial charge in [0.1, 0.15) is 12.3 Å². The molecule has 0 radical (unpaired) electrons. The number of likely N-dealkylation sites (N-methyl/N-ethyl adjacent to an activating group) is 1. The van der Waals surface area contributed by atoms with Crippen molar-refractivity contribution >= 4 is 35.5 Å². The molecule has 0 bridgehead atoms. The normalized spacial score (nSPS) is 22.6. The Morgan fingerprint density at radius 3 is 2.51 bits per heavy atom. The van der Waals surface area contributed by atoms with E-state index < -0.39 is 12.1 Å². The van der Waals surface area contributed by atoms with Crippen LogP contribution in [0.4, 0.5) is 16.2 Å². The fourth-order valence-electron chi connectivity index (χ4n) is 4.86. The molecular formula is C26H41N7O4. The first-order valence-electron chi connectivity index (χ1n) is 13.2. The Morgan fingerprint density at radius 1 is 1.16 bits per heavy atom. The van der Waals surface area contributed by atoms with Gasteiger partial charge in [-0.2, -0.15) is 0 Å². The number of aldehydes is 1. The Morgan fingerprint density at radius 2 is 1.86 bits per heavy atom. The van der Waals surface area contributed by atoms with E-state index in [0.717, 1.165) is 31.4 Å². The van der Waals surface area contributed by atoms with Gasteiger partial charge in [0, 0.05) is 49.5 Å². The summed E-state index contributed by atoms with van der Waals surface area (Å²) in [5, 5.41) is 10.6. The van der Waals surface area contributed by atoms with Crippen LogP contribution in [0.15, 0.2) is 24.3 Å². The van der Waals surface area contributed by atoms with Crippen molar-refractivity contribution in [1.82, 2.24) is 25.4 Å². The van der Waals surface area contributed by atoms with Gasteiger partial charge in [-0.05, 0) is 64.4 Å². The Balaban J connectivity index is 1.69. The van der Waals surface area contributed by atoms with Crippen molar-refractivity contribution in [2.75, 3.05) is 44.0 Å². The molecule has 0 aromatic heterocycles. The number of hydrogen-bond donors (Lipinski definition) is 4. The summed E-state index contributed by atoms with van der Waals surface area (Å²) in [5.41, 5.74) is 4.73. The van der Waals surface area contributed by atoms with Gasteiger partial charge in [0.2, 0.25) is 11.8 Å². The Labute approximate surface area is 219 Å². The summed E-state index contributed by atoms with van der Waals surface area (Å²) in [6.07, 6.45) is 3.85. The van der Waals surface area contributed by atoms with Crippen LogP contribution >= 0.6 is 0 Å². The lowest BCUT2D eigenvalue weighted by Gasteiger charge is -2.38. The molecule has 2 heterocycles. The number of anilines is 2. The maximum atomic E-state index is 13.5. The molecule has 4 amide bonds. The summed E-state index contributed by atoms with van der Waals surface area (Å²) in [7, 11) is 1.69. The van der Waals surface area contributed by atoms with Crippen molar-refractivity contribution in [2.45, 2.75) is 70.6 Å². The van der Waals surface area contributed by atoms with Gasteiger partial charge in [0.05, 0.1) is 12.6 Å². The highest BCUT2D eigenvalue weighted by Gasteiger charge is 2.41. The number of fused-ring (bicyclic) bond motifs is 1. The van der Waals surface area contributed by atoms with E-state index in [1.54, 1.807) is 31.0 Å². The van der Waals surface area contributed by atoms with E-state index in [2.05, 4.69) is 21.4 Å². The molecule has 3 rings (SSSR count). The minimum atomic E-state index is -0.810. The van der Waals surface area contributed by atoms with Gasteiger partial charge in [0.25, 0.3) is 0 Å². The summed E-state index contributed by atoms with van der Waals surface area (Å²) in [6.45, 7) is 7.71. The third-order valence-electron chi connectivity index (χ3n) is 7.23. The highest BCUT2D eigenvalue weighted by molar-refractivity contribution is 5.93. The monoisotopic (exact) mass is 515 g/mol. The zero-order valence-electron chi connectivity index (χ0n) is 22.3. The molecule has 4 atom stereocenters. The van der Waals surface area contributed by atoms with E-state index >= 15 is 0 Å². The second-order valence-corrected chi connectivity index (χ2v) is 9.79. The second-order valence-electron chi connectivity index (χ2n) is 9.79. The van der Waals surface area contributed by atoms with Crippen molar-refractivity contribution < 1.29 is 19.2 Å². The quantitative estimate of drug-likeness (QED) is 0.276. The predicted octanol–water partition coefficient (Wildman–Crippen LogP) is 1.63. The zero-order chi connectivity index (χ0) is 26.9. The minimum absolute atomic E-state index is 0.0605. The molecule has 204 valence electrons. The zero-order valence-corrected chi connectivity index (χ0v) is 22.3. The maximum Gasteiger partial charge on any atom is 0.321 e. The molecule has 2 fully saturated rings. The number of nitrogens with zero attached hydrogens (tertiary/aromatic N) is 3. The fourth-order valence-corrected chi connectivity index (χ4v) is 4.86. The van der Waals surface area contributed by atoms with Crippen molar-refractivity contribution in [3.05, 3.63) is 24.3 Å². The molecule has 0 aliphatic carbocycles. The molecule has 2 aliphatic rings. The molecular weight excluding hydrogens is 474 g/mol. The molecule has 4 unspecified atom stereocenters. The SMILES string of the molecule is CCN(CCC=O)Nc1ccc(NC(=O)N2CCC3CCC(C)N3C(=O)C(NC(=O)C(C)NC)C2)cc1. The summed E-state index contributed by atoms with van der Waals surface area (Å²) in [6, 6.07) is 5.92. The van der Waals surface area contributed by atoms with Crippen LogP contribution in [-0.4, -0.2) is 96.3 Å². The van der Waals surface area contributed by atoms with E-state index in [1.165, 1.54) is 0 Å². The second kappa shape index (κ2) is 13.4. The molecule has 4 N–H and O–H groups in total. The summed E-state index contributed by atoms with van der Waals surface area (Å²) >= 11 is 0. The molecule has 2 aliphatic heterocycles. The molecule has 0 spiro atoms. The number of carbonyl (C=O) groups is 4. The number of hydrazine groups is 1. The average molecular weight is 516 g/mol. The summed E-state index contributed by atoms with van der Waals surface area (Å²) in [5.74, 6) is -0.405. The molecule has 11 heteroatoms. The first-order chi connectivity index (χ1) is 17.8. The van der Waals surface area contributed by atoms with Crippen molar-refractivity contribution in [3.8, 4) is 0 Å². The standard InChI is InChI=1S/C26H41N7O4/c1-5-32(14-6-16-34)30-21-10-8-20(9-11-21)28-26(37)31-15-13-22-12-7-18(2)33(22)25(36)23(17-31)29-24(35)19(3)27-4/h8-11,16,18-19,22-23,27,30H,5-7,12-15,17H2,1-4H3,(H,28,37)(H,29,35). The number of benzene rings is 1. The van der Waals surface area contributed by atoms with Crippen LogP contribution in [0.2, 0.25) is 0 Å². The number of carbonyl (C=O) groups excluding carboxylic acids is 4. The Hall–Kier alpha value is -3.18. The molecule has 37 heavy (non-hydrogen) atoms. The van der Waals surface area contributed by atoms with E-state index in [1.807, 2.05) is 35.9 Å². The average Bonchev–Trinajstić information content (AvgIpc) is 3.26. The predicted molar refractivity (Wildman–Crippen MR) is 143 cm³/mol. The lowest BCUT2D eigenvalue weighted by atomic mass is 10.1. The van der Waals surface area contributed by atoms with Gasteiger partial charge < -0.3 is 36.0 Å². The molecule has 0 saturated carbocycles. The Kier molecular flexibility index (Phi) is 10.3. The van der Waals surface area contributed by atoms with Gasteiger partial charge in [0.15, 0.2) is 0 Å². The first-order valence-corrected chi connectivity index (χ1v) is 13.2.